The summed E-state index contributed by atoms with van der Waals surface area (Å²) < 4.78 is 0.980. The molecule has 0 radical (unpaired) electrons. The Morgan fingerprint density at radius 3 is 2.76 bits per heavy atom. The van der Waals surface area contributed by atoms with E-state index in [1.807, 2.05) is 50.2 Å². The van der Waals surface area contributed by atoms with Crippen LogP contribution in [0.15, 0.2) is 52.0 Å². The van der Waals surface area contributed by atoms with Gasteiger partial charge >= 0.3 is 0 Å². The molecular weight excluding hydrogens is 328 g/mol. The molecule has 3 nitrogen and oxygen atoms in total. The van der Waals surface area contributed by atoms with Crippen LogP contribution in [0.2, 0.25) is 0 Å². The Balaban J connectivity index is 1.93. The van der Waals surface area contributed by atoms with Crippen LogP contribution in [0, 0.1) is 13.8 Å². The average Bonchev–Trinajstić information content (AvgIpc) is 2.42. The van der Waals surface area contributed by atoms with Crippen molar-refractivity contribution in [1.82, 2.24) is 5.43 Å². The number of hydrogen-bond donors (Lipinski definition) is 1. The number of amides is 1. The SMILES string of the molecule is Cc1ccc(CC(=O)N/N=C\c2cccc(Br)c2)c(C)c1. The minimum atomic E-state index is -0.117. The highest BCUT2D eigenvalue weighted by molar-refractivity contribution is 9.10. The van der Waals surface area contributed by atoms with Gasteiger partial charge in [0.1, 0.15) is 0 Å². The van der Waals surface area contributed by atoms with E-state index in [4.69, 9.17) is 0 Å². The first-order chi connectivity index (χ1) is 10.0. The van der Waals surface area contributed by atoms with Crippen LogP contribution in [0.3, 0.4) is 0 Å². The molecule has 0 saturated carbocycles. The fraction of sp³-hybridized carbons (Fsp3) is 0.176. The molecule has 21 heavy (non-hydrogen) atoms. The van der Waals surface area contributed by atoms with Gasteiger partial charge < -0.3 is 0 Å². The van der Waals surface area contributed by atoms with Gasteiger partial charge in [-0.25, -0.2) is 5.43 Å². The van der Waals surface area contributed by atoms with Crippen LogP contribution >= 0.6 is 15.9 Å². The van der Waals surface area contributed by atoms with Crippen LogP contribution in [0.25, 0.3) is 0 Å². The molecule has 1 N–H and O–H groups in total. The van der Waals surface area contributed by atoms with Crippen molar-refractivity contribution in [2.75, 3.05) is 0 Å². The van der Waals surface area contributed by atoms with Crippen LogP contribution < -0.4 is 5.43 Å². The maximum Gasteiger partial charge on any atom is 0.244 e. The molecular formula is C17H17BrN2O. The van der Waals surface area contributed by atoms with E-state index < -0.39 is 0 Å². The highest BCUT2D eigenvalue weighted by atomic mass is 79.9. The second kappa shape index (κ2) is 7.18. The molecule has 0 atom stereocenters. The van der Waals surface area contributed by atoms with Gasteiger partial charge in [-0.2, -0.15) is 5.10 Å². The van der Waals surface area contributed by atoms with Gasteiger partial charge in [0, 0.05) is 4.47 Å². The van der Waals surface area contributed by atoms with Crippen molar-refractivity contribution in [2.24, 2.45) is 5.10 Å². The Bertz CT molecular complexity index is 680. The molecule has 0 heterocycles. The van der Waals surface area contributed by atoms with E-state index in [-0.39, 0.29) is 5.91 Å². The molecule has 0 unspecified atom stereocenters. The van der Waals surface area contributed by atoms with Gasteiger partial charge in [-0.1, -0.05) is 51.8 Å². The molecule has 0 aliphatic carbocycles. The van der Waals surface area contributed by atoms with Gasteiger partial charge in [0.15, 0.2) is 0 Å². The second-order valence-electron chi connectivity index (χ2n) is 4.95. The Hall–Kier alpha value is -1.94. The number of carbonyl (C=O) groups is 1. The fourth-order valence-corrected chi connectivity index (χ4v) is 2.44. The van der Waals surface area contributed by atoms with Crippen LogP contribution in [-0.4, -0.2) is 12.1 Å². The van der Waals surface area contributed by atoms with Crippen LogP contribution in [-0.2, 0) is 11.2 Å². The third-order valence-electron chi connectivity index (χ3n) is 3.10. The molecule has 0 aromatic heterocycles. The second-order valence-corrected chi connectivity index (χ2v) is 5.87. The van der Waals surface area contributed by atoms with E-state index >= 15 is 0 Å². The highest BCUT2D eigenvalue weighted by Crippen LogP contribution is 2.11. The molecule has 2 aromatic rings. The molecule has 2 rings (SSSR count). The lowest BCUT2D eigenvalue weighted by atomic mass is 10.0. The predicted octanol–water partition coefficient (Wildman–Crippen LogP) is 3.76. The number of hydrogen-bond acceptors (Lipinski definition) is 2. The smallest absolute Gasteiger partial charge is 0.244 e. The summed E-state index contributed by atoms with van der Waals surface area (Å²) in [6.45, 7) is 4.06. The molecule has 108 valence electrons. The molecule has 0 spiro atoms. The minimum Gasteiger partial charge on any atom is -0.273 e. The van der Waals surface area contributed by atoms with E-state index in [1.165, 1.54) is 5.56 Å². The standard InChI is InChI=1S/C17H17BrN2O/c1-12-6-7-15(13(2)8-12)10-17(21)20-19-11-14-4-3-5-16(18)9-14/h3-9,11H,10H2,1-2H3,(H,20,21)/b19-11-. The quantitative estimate of drug-likeness (QED) is 0.665. The summed E-state index contributed by atoms with van der Waals surface area (Å²) in [5.74, 6) is -0.117. The average molecular weight is 345 g/mol. The lowest BCUT2D eigenvalue weighted by Crippen LogP contribution is -2.20. The van der Waals surface area contributed by atoms with Gasteiger partial charge in [-0.05, 0) is 42.7 Å². The topological polar surface area (TPSA) is 41.5 Å². The van der Waals surface area contributed by atoms with Crippen LogP contribution in [0.1, 0.15) is 22.3 Å². The molecule has 0 aliphatic rings. The maximum absolute atomic E-state index is 11.9. The first-order valence-electron chi connectivity index (χ1n) is 6.68. The molecule has 2 aromatic carbocycles. The lowest BCUT2D eigenvalue weighted by molar-refractivity contribution is -0.120. The lowest BCUT2D eigenvalue weighted by Gasteiger charge is -2.05. The molecule has 0 aliphatic heterocycles. The molecule has 0 fully saturated rings. The zero-order valence-corrected chi connectivity index (χ0v) is 13.6. The summed E-state index contributed by atoms with van der Waals surface area (Å²) in [5, 5.41) is 3.98. The largest absolute Gasteiger partial charge is 0.273 e. The third-order valence-corrected chi connectivity index (χ3v) is 3.59. The van der Waals surface area contributed by atoms with E-state index in [0.717, 1.165) is 21.2 Å². The summed E-state index contributed by atoms with van der Waals surface area (Å²) in [7, 11) is 0. The summed E-state index contributed by atoms with van der Waals surface area (Å²) in [4.78, 5) is 11.9. The van der Waals surface area contributed by atoms with E-state index in [2.05, 4.69) is 32.5 Å². The Morgan fingerprint density at radius 1 is 1.24 bits per heavy atom. The van der Waals surface area contributed by atoms with E-state index in [1.54, 1.807) is 6.21 Å². The fourth-order valence-electron chi connectivity index (χ4n) is 2.02. The molecule has 4 heteroatoms. The highest BCUT2D eigenvalue weighted by Gasteiger charge is 2.05. The van der Waals surface area contributed by atoms with Gasteiger partial charge in [0.05, 0.1) is 12.6 Å². The maximum atomic E-state index is 11.9. The number of halogens is 1. The molecule has 0 saturated heterocycles. The number of carbonyl (C=O) groups excluding carboxylic acids is 1. The van der Waals surface area contributed by atoms with Crippen LogP contribution in [0.4, 0.5) is 0 Å². The van der Waals surface area contributed by atoms with Crippen molar-refractivity contribution in [1.29, 1.82) is 0 Å². The van der Waals surface area contributed by atoms with Crippen molar-refractivity contribution < 1.29 is 4.79 Å². The van der Waals surface area contributed by atoms with Gasteiger partial charge in [0.25, 0.3) is 0 Å². The first-order valence-corrected chi connectivity index (χ1v) is 7.47. The summed E-state index contributed by atoms with van der Waals surface area (Å²) in [6.07, 6.45) is 1.96. The minimum absolute atomic E-state index is 0.117. The van der Waals surface area contributed by atoms with E-state index in [0.29, 0.717) is 6.42 Å². The third kappa shape index (κ3) is 4.83. The Morgan fingerprint density at radius 2 is 2.05 bits per heavy atom. The van der Waals surface area contributed by atoms with Crippen molar-refractivity contribution in [3.05, 3.63) is 69.2 Å². The first kappa shape index (κ1) is 15.4. The Kier molecular flexibility index (Phi) is 5.28. The number of nitrogens with zero attached hydrogens (tertiary/aromatic N) is 1. The van der Waals surface area contributed by atoms with Crippen LogP contribution in [0.5, 0.6) is 0 Å². The summed E-state index contributed by atoms with van der Waals surface area (Å²) >= 11 is 3.39. The van der Waals surface area contributed by atoms with E-state index in [9.17, 15) is 4.79 Å². The van der Waals surface area contributed by atoms with Gasteiger partial charge in [-0.3, -0.25) is 4.79 Å². The molecule has 0 bridgehead atoms. The monoisotopic (exact) mass is 344 g/mol. The number of hydrazone groups is 1. The number of rotatable bonds is 4. The normalized spacial score (nSPS) is 10.8. The summed E-state index contributed by atoms with van der Waals surface area (Å²) in [6, 6.07) is 13.8. The number of nitrogens with one attached hydrogen (secondary N) is 1. The number of aryl methyl sites for hydroxylation is 2. The zero-order valence-electron chi connectivity index (χ0n) is 12.1. The van der Waals surface area contributed by atoms with Crippen molar-refractivity contribution >= 4 is 28.1 Å². The molecule has 1 amide bonds. The Labute approximate surface area is 133 Å². The van der Waals surface area contributed by atoms with Crippen molar-refractivity contribution in [3.8, 4) is 0 Å². The van der Waals surface area contributed by atoms with Crippen molar-refractivity contribution in [3.63, 3.8) is 0 Å². The van der Waals surface area contributed by atoms with Gasteiger partial charge in [-0.15, -0.1) is 0 Å². The van der Waals surface area contributed by atoms with Crippen molar-refractivity contribution in [2.45, 2.75) is 20.3 Å². The predicted molar refractivity (Wildman–Crippen MR) is 89.5 cm³/mol. The zero-order chi connectivity index (χ0) is 15.2. The van der Waals surface area contributed by atoms with Gasteiger partial charge in [0.2, 0.25) is 5.91 Å². The number of benzene rings is 2. The summed E-state index contributed by atoms with van der Waals surface area (Å²) in [5.41, 5.74) is 6.83.